The zero-order valence-corrected chi connectivity index (χ0v) is 11.9. The number of halogens is 3. The monoisotopic (exact) mass is 330 g/mol. The first-order valence-electron chi connectivity index (χ1n) is 6.89. The summed E-state index contributed by atoms with van der Waals surface area (Å²) in [5.41, 5.74) is -2.32. The van der Waals surface area contributed by atoms with Gasteiger partial charge in [0, 0.05) is 19.3 Å². The molecule has 0 unspecified atom stereocenters. The van der Waals surface area contributed by atoms with Crippen LogP contribution >= 0.6 is 0 Å². The molecule has 0 atom stereocenters. The molecule has 1 aliphatic heterocycles. The molecule has 3 rings (SSSR count). The first-order valence-corrected chi connectivity index (χ1v) is 6.89. The lowest BCUT2D eigenvalue weighted by Gasteiger charge is -2.26. The number of alkyl halides is 3. The van der Waals surface area contributed by atoms with E-state index in [0.717, 1.165) is 10.5 Å². The van der Waals surface area contributed by atoms with Crippen molar-refractivity contribution in [3.63, 3.8) is 0 Å². The number of ether oxygens (including phenoxy) is 1. The molecular weight excluding hydrogens is 317 g/mol. The SMILES string of the molecule is O=C(Cn1nc(C(F)(F)F)c2cccn2c1=O)N1CCOCC1. The molecule has 0 bridgehead atoms. The Morgan fingerprint density at radius 1 is 1.30 bits per heavy atom. The Balaban J connectivity index is 1.98. The molecule has 1 saturated heterocycles. The van der Waals surface area contributed by atoms with Crippen molar-refractivity contribution in [1.82, 2.24) is 19.1 Å². The number of carbonyl (C=O) groups is 1. The minimum absolute atomic E-state index is 0.336. The van der Waals surface area contributed by atoms with E-state index in [0.29, 0.717) is 31.0 Å². The van der Waals surface area contributed by atoms with Gasteiger partial charge in [-0.15, -0.1) is 0 Å². The molecule has 0 N–H and O–H groups in total. The molecule has 0 aliphatic carbocycles. The van der Waals surface area contributed by atoms with Crippen LogP contribution < -0.4 is 5.69 Å². The highest BCUT2D eigenvalue weighted by atomic mass is 19.4. The van der Waals surface area contributed by atoms with Crippen molar-refractivity contribution in [3.8, 4) is 0 Å². The van der Waals surface area contributed by atoms with Gasteiger partial charge in [-0.1, -0.05) is 0 Å². The summed E-state index contributed by atoms with van der Waals surface area (Å²) >= 11 is 0. The van der Waals surface area contributed by atoms with Crippen molar-refractivity contribution in [2.24, 2.45) is 0 Å². The predicted molar refractivity (Wildman–Crippen MR) is 71.9 cm³/mol. The van der Waals surface area contributed by atoms with E-state index < -0.39 is 30.0 Å². The number of hydrogen-bond donors (Lipinski definition) is 0. The second-order valence-electron chi connectivity index (χ2n) is 5.04. The number of fused-ring (bicyclic) bond motifs is 1. The van der Waals surface area contributed by atoms with E-state index in [2.05, 4.69) is 5.10 Å². The molecular formula is C13H13F3N4O3. The summed E-state index contributed by atoms with van der Waals surface area (Å²) in [5, 5.41) is 3.36. The Morgan fingerprint density at radius 2 is 2.00 bits per heavy atom. The number of aromatic nitrogens is 3. The topological polar surface area (TPSA) is 68.8 Å². The summed E-state index contributed by atoms with van der Waals surface area (Å²) in [6, 6.07) is 2.48. The van der Waals surface area contributed by atoms with E-state index >= 15 is 0 Å². The van der Waals surface area contributed by atoms with Gasteiger partial charge in [0.15, 0.2) is 5.69 Å². The fourth-order valence-corrected chi connectivity index (χ4v) is 2.43. The Morgan fingerprint density at radius 3 is 2.65 bits per heavy atom. The lowest BCUT2D eigenvalue weighted by atomic mass is 10.3. The standard InChI is InChI=1S/C13H13F3N4O3/c14-13(15,16)11-9-2-1-3-19(9)12(22)20(17-11)8-10(21)18-4-6-23-7-5-18/h1-3H,4-8H2. The van der Waals surface area contributed by atoms with Crippen molar-refractivity contribution in [1.29, 1.82) is 0 Å². The van der Waals surface area contributed by atoms with Gasteiger partial charge in [0.25, 0.3) is 0 Å². The maximum atomic E-state index is 13.1. The highest BCUT2D eigenvalue weighted by Crippen LogP contribution is 2.30. The molecule has 124 valence electrons. The van der Waals surface area contributed by atoms with E-state index in [1.54, 1.807) is 0 Å². The van der Waals surface area contributed by atoms with Gasteiger partial charge in [-0.05, 0) is 12.1 Å². The molecule has 1 aliphatic rings. The fourth-order valence-electron chi connectivity index (χ4n) is 2.43. The van der Waals surface area contributed by atoms with E-state index in [-0.39, 0.29) is 5.52 Å². The summed E-state index contributed by atoms with van der Waals surface area (Å²) in [7, 11) is 0. The molecule has 2 aromatic heterocycles. The van der Waals surface area contributed by atoms with Crippen molar-refractivity contribution >= 4 is 11.4 Å². The largest absolute Gasteiger partial charge is 0.437 e. The van der Waals surface area contributed by atoms with Gasteiger partial charge in [-0.2, -0.15) is 18.3 Å². The molecule has 0 saturated carbocycles. The molecule has 3 heterocycles. The minimum Gasteiger partial charge on any atom is -0.378 e. The van der Waals surface area contributed by atoms with Crippen LogP contribution in [0.15, 0.2) is 23.1 Å². The molecule has 23 heavy (non-hydrogen) atoms. The van der Waals surface area contributed by atoms with Gasteiger partial charge in [-0.25, -0.2) is 9.48 Å². The number of hydrogen-bond acceptors (Lipinski definition) is 4. The highest BCUT2D eigenvalue weighted by Gasteiger charge is 2.36. The maximum absolute atomic E-state index is 13.1. The van der Waals surface area contributed by atoms with Gasteiger partial charge in [0.1, 0.15) is 6.54 Å². The van der Waals surface area contributed by atoms with Crippen LogP contribution in [0.3, 0.4) is 0 Å². The summed E-state index contributed by atoms with van der Waals surface area (Å²) in [6.07, 6.45) is -3.51. The van der Waals surface area contributed by atoms with Crippen LogP contribution in [0, 0.1) is 0 Å². The Kier molecular flexibility index (Phi) is 3.84. The average molecular weight is 330 g/mol. The highest BCUT2D eigenvalue weighted by molar-refractivity contribution is 5.76. The van der Waals surface area contributed by atoms with Crippen molar-refractivity contribution in [3.05, 3.63) is 34.5 Å². The smallest absolute Gasteiger partial charge is 0.378 e. The quantitative estimate of drug-likeness (QED) is 0.798. The maximum Gasteiger partial charge on any atom is 0.437 e. The van der Waals surface area contributed by atoms with E-state index in [9.17, 15) is 22.8 Å². The van der Waals surface area contributed by atoms with Gasteiger partial charge in [-0.3, -0.25) is 9.20 Å². The molecule has 0 radical (unpaired) electrons. The summed E-state index contributed by atoms with van der Waals surface area (Å²) in [4.78, 5) is 25.8. The Labute approximate surface area is 127 Å². The van der Waals surface area contributed by atoms with Crippen LogP contribution in [-0.4, -0.2) is 51.3 Å². The van der Waals surface area contributed by atoms with Crippen LogP contribution in [0.25, 0.3) is 5.52 Å². The van der Waals surface area contributed by atoms with Crippen molar-refractivity contribution in [2.45, 2.75) is 12.7 Å². The third-order valence-electron chi connectivity index (χ3n) is 3.56. The van der Waals surface area contributed by atoms with Crippen LogP contribution in [-0.2, 0) is 22.3 Å². The van der Waals surface area contributed by atoms with Crippen molar-refractivity contribution < 1.29 is 22.7 Å². The minimum atomic E-state index is -4.73. The van der Waals surface area contributed by atoms with Gasteiger partial charge >= 0.3 is 11.9 Å². The van der Waals surface area contributed by atoms with Crippen LogP contribution in [0.5, 0.6) is 0 Å². The lowest BCUT2D eigenvalue weighted by molar-refractivity contribution is -0.142. The number of morpholine rings is 1. The zero-order chi connectivity index (χ0) is 16.6. The van der Waals surface area contributed by atoms with Gasteiger partial charge in [0.05, 0.1) is 18.7 Å². The van der Waals surface area contributed by atoms with Crippen LogP contribution in [0.2, 0.25) is 0 Å². The lowest BCUT2D eigenvalue weighted by Crippen LogP contribution is -2.44. The number of rotatable bonds is 2. The number of nitrogens with zero attached hydrogens (tertiary/aromatic N) is 4. The van der Waals surface area contributed by atoms with Crippen LogP contribution in [0.1, 0.15) is 5.69 Å². The molecule has 1 fully saturated rings. The van der Waals surface area contributed by atoms with Crippen molar-refractivity contribution in [2.75, 3.05) is 26.3 Å². The molecule has 0 spiro atoms. The van der Waals surface area contributed by atoms with Gasteiger partial charge in [0.2, 0.25) is 5.91 Å². The Hall–Kier alpha value is -2.36. The van der Waals surface area contributed by atoms with E-state index in [1.807, 2.05) is 0 Å². The molecule has 7 nitrogen and oxygen atoms in total. The fraction of sp³-hybridized carbons (Fsp3) is 0.462. The third kappa shape index (κ3) is 2.93. The summed E-state index contributed by atoms with van der Waals surface area (Å²) < 4.78 is 45.8. The third-order valence-corrected chi connectivity index (χ3v) is 3.56. The zero-order valence-electron chi connectivity index (χ0n) is 11.9. The van der Waals surface area contributed by atoms with E-state index in [4.69, 9.17) is 4.74 Å². The predicted octanol–water partition coefficient (Wildman–Crippen LogP) is 0.374. The normalized spacial score (nSPS) is 16.0. The second-order valence-corrected chi connectivity index (χ2v) is 5.04. The first kappa shape index (κ1) is 15.5. The molecule has 0 aromatic carbocycles. The van der Waals surface area contributed by atoms with E-state index in [1.165, 1.54) is 17.2 Å². The molecule has 2 aromatic rings. The first-order chi connectivity index (χ1) is 10.9. The van der Waals surface area contributed by atoms with Crippen LogP contribution in [0.4, 0.5) is 13.2 Å². The number of carbonyl (C=O) groups excluding carboxylic acids is 1. The molecule has 1 amide bonds. The molecule has 10 heteroatoms. The summed E-state index contributed by atoms with van der Waals surface area (Å²) in [5.74, 6) is -0.470. The second kappa shape index (κ2) is 5.69. The van der Waals surface area contributed by atoms with Gasteiger partial charge < -0.3 is 9.64 Å². The summed E-state index contributed by atoms with van der Waals surface area (Å²) in [6.45, 7) is 0.851. The number of amides is 1. The average Bonchev–Trinajstić information content (AvgIpc) is 2.99. The Bertz CT molecular complexity index is 790.